The summed E-state index contributed by atoms with van der Waals surface area (Å²) >= 11 is 0. The largest absolute Gasteiger partial charge is 0.381 e. The molecule has 0 radical (unpaired) electrons. The molecule has 4 rings (SSSR count). The summed E-state index contributed by atoms with van der Waals surface area (Å²) in [5.74, 6) is 2.71. The summed E-state index contributed by atoms with van der Waals surface area (Å²) in [7, 11) is 0. The molecule has 0 aromatic carbocycles. The first-order valence-electron chi connectivity index (χ1n) is 8.83. The first-order valence-corrected chi connectivity index (χ1v) is 8.83. The summed E-state index contributed by atoms with van der Waals surface area (Å²) in [6.45, 7) is 2.90. The second kappa shape index (κ2) is 5.99. The lowest BCUT2D eigenvalue weighted by molar-refractivity contribution is 0.0841. The van der Waals surface area contributed by atoms with E-state index in [9.17, 15) is 0 Å². The third-order valence-corrected chi connectivity index (χ3v) is 5.65. The fourth-order valence-electron chi connectivity index (χ4n) is 4.42. The minimum absolute atomic E-state index is 0.602. The Morgan fingerprint density at radius 3 is 2.67 bits per heavy atom. The molecule has 116 valence electrons. The van der Waals surface area contributed by atoms with Crippen LogP contribution in [0.1, 0.15) is 69.0 Å². The van der Waals surface area contributed by atoms with Crippen LogP contribution in [0.5, 0.6) is 0 Å². The molecule has 1 aliphatic carbocycles. The van der Waals surface area contributed by atoms with Crippen LogP contribution in [0.25, 0.3) is 0 Å². The maximum Gasteiger partial charge on any atom is 0.124 e. The van der Waals surface area contributed by atoms with Crippen molar-refractivity contribution in [3.05, 3.63) is 11.8 Å². The maximum absolute atomic E-state index is 5.49. The van der Waals surface area contributed by atoms with E-state index < -0.39 is 0 Å². The van der Waals surface area contributed by atoms with Gasteiger partial charge in [-0.15, -0.1) is 0 Å². The highest BCUT2D eigenvalue weighted by Gasteiger charge is 2.31. The first kappa shape index (κ1) is 13.6. The Morgan fingerprint density at radius 2 is 1.86 bits per heavy atom. The van der Waals surface area contributed by atoms with Gasteiger partial charge in [0.05, 0.1) is 11.7 Å². The predicted octanol–water partition coefficient (Wildman–Crippen LogP) is 3.71. The monoisotopic (exact) mass is 289 g/mol. The van der Waals surface area contributed by atoms with Gasteiger partial charge in [-0.05, 0) is 38.0 Å². The van der Waals surface area contributed by atoms with Gasteiger partial charge in [-0.1, -0.05) is 19.3 Å². The number of nitrogens with zero attached hydrogens (tertiary/aromatic N) is 2. The molecule has 1 atom stereocenters. The van der Waals surface area contributed by atoms with Gasteiger partial charge in [0.1, 0.15) is 5.82 Å². The van der Waals surface area contributed by atoms with E-state index in [2.05, 4.69) is 16.1 Å². The van der Waals surface area contributed by atoms with E-state index in [1.165, 1.54) is 50.0 Å². The average Bonchev–Trinajstić information content (AvgIpc) is 3.00. The van der Waals surface area contributed by atoms with Crippen molar-refractivity contribution in [3.8, 4) is 0 Å². The van der Waals surface area contributed by atoms with E-state index in [0.717, 1.165) is 38.5 Å². The maximum atomic E-state index is 5.49. The van der Waals surface area contributed by atoms with Gasteiger partial charge in [0, 0.05) is 31.7 Å². The fraction of sp³-hybridized carbons (Fsp3) is 0.824. The van der Waals surface area contributed by atoms with Crippen molar-refractivity contribution in [2.75, 3.05) is 25.1 Å². The molecule has 0 spiro atoms. The Labute approximate surface area is 127 Å². The second-order valence-electron chi connectivity index (χ2n) is 6.97. The highest BCUT2D eigenvalue weighted by atomic mass is 16.5. The summed E-state index contributed by atoms with van der Waals surface area (Å²) < 4.78 is 7.83. The molecular formula is C17H27N3O. The van der Waals surface area contributed by atoms with Crippen LogP contribution < -0.4 is 5.32 Å². The zero-order valence-corrected chi connectivity index (χ0v) is 12.9. The summed E-state index contributed by atoms with van der Waals surface area (Å²) in [5, 5.41) is 8.59. The number of hydrogen-bond donors (Lipinski definition) is 1. The minimum Gasteiger partial charge on any atom is -0.381 e. The van der Waals surface area contributed by atoms with Crippen LogP contribution in [-0.2, 0) is 4.74 Å². The standard InChI is InChI=1S/C17H27N3O/c1-2-4-14(5-3-1)16-6-9-18-17-12-15(19-20(16)17)13-7-10-21-11-8-13/h12-14,16,18H,1-11H2. The highest BCUT2D eigenvalue weighted by molar-refractivity contribution is 5.40. The second-order valence-corrected chi connectivity index (χ2v) is 6.97. The Kier molecular flexibility index (Phi) is 3.89. The summed E-state index contributed by atoms with van der Waals surface area (Å²) in [5.41, 5.74) is 1.29. The van der Waals surface area contributed by atoms with Crippen LogP contribution in [0.2, 0.25) is 0 Å². The molecular weight excluding hydrogens is 262 g/mol. The third-order valence-electron chi connectivity index (χ3n) is 5.65. The Balaban J connectivity index is 1.56. The molecule has 1 saturated heterocycles. The number of hydrogen-bond acceptors (Lipinski definition) is 3. The Bertz CT molecular complexity index is 472. The van der Waals surface area contributed by atoms with Crippen LogP contribution >= 0.6 is 0 Å². The molecule has 2 fully saturated rings. The van der Waals surface area contributed by atoms with Crippen LogP contribution in [0, 0.1) is 5.92 Å². The summed E-state index contributed by atoms with van der Waals surface area (Å²) in [4.78, 5) is 0. The van der Waals surface area contributed by atoms with Crippen molar-refractivity contribution in [3.63, 3.8) is 0 Å². The normalized spacial score (nSPS) is 28.1. The predicted molar refractivity (Wildman–Crippen MR) is 83.7 cm³/mol. The van der Waals surface area contributed by atoms with E-state index in [1.54, 1.807) is 0 Å². The highest BCUT2D eigenvalue weighted by Crippen LogP contribution is 2.39. The molecule has 2 aliphatic heterocycles. The Morgan fingerprint density at radius 1 is 1.05 bits per heavy atom. The van der Waals surface area contributed by atoms with Crippen molar-refractivity contribution in [1.82, 2.24) is 9.78 Å². The zero-order valence-electron chi connectivity index (χ0n) is 12.9. The van der Waals surface area contributed by atoms with E-state index in [-0.39, 0.29) is 0 Å². The molecule has 1 aromatic heterocycles. The first-order chi connectivity index (χ1) is 10.4. The summed E-state index contributed by atoms with van der Waals surface area (Å²) in [6.07, 6.45) is 10.6. The van der Waals surface area contributed by atoms with Gasteiger partial charge in [-0.3, -0.25) is 0 Å². The van der Waals surface area contributed by atoms with Crippen LogP contribution in [-0.4, -0.2) is 29.5 Å². The fourth-order valence-corrected chi connectivity index (χ4v) is 4.42. The molecule has 1 saturated carbocycles. The molecule has 4 nitrogen and oxygen atoms in total. The van der Waals surface area contributed by atoms with Gasteiger partial charge in [-0.25, -0.2) is 4.68 Å². The van der Waals surface area contributed by atoms with Gasteiger partial charge in [0.2, 0.25) is 0 Å². The van der Waals surface area contributed by atoms with Crippen molar-refractivity contribution in [1.29, 1.82) is 0 Å². The molecule has 21 heavy (non-hydrogen) atoms. The number of anilines is 1. The van der Waals surface area contributed by atoms with Crippen molar-refractivity contribution in [2.24, 2.45) is 5.92 Å². The minimum atomic E-state index is 0.602. The quantitative estimate of drug-likeness (QED) is 0.902. The van der Waals surface area contributed by atoms with Gasteiger partial charge >= 0.3 is 0 Å². The SMILES string of the molecule is c1c(C2CCOCC2)nn2c1NCCC2C1CCCCC1. The smallest absolute Gasteiger partial charge is 0.124 e. The number of aromatic nitrogens is 2. The van der Waals surface area contributed by atoms with Gasteiger partial charge in [0.25, 0.3) is 0 Å². The van der Waals surface area contributed by atoms with Crippen LogP contribution in [0.4, 0.5) is 5.82 Å². The number of rotatable bonds is 2. The number of fused-ring (bicyclic) bond motifs is 1. The van der Waals surface area contributed by atoms with E-state index in [0.29, 0.717) is 12.0 Å². The zero-order chi connectivity index (χ0) is 14.1. The lowest BCUT2D eigenvalue weighted by Crippen LogP contribution is -2.30. The van der Waals surface area contributed by atoms with Crippen LogP contribution in [0.3, 0.4) is 0 Å². The lowest BCUT2D eigenvalue weighted by atomic mass is 9.82. The molecule has 3 heterocycles. The van der Waals surface area contributed by atoms with Crippen molar-refractivity contribution < 1.29 is 4.74 Å². The van der Waals surface area contributed by atoms with Gasteiger partial charge in [-0.2, -0.15) is 5.10 Å². The van der Waals surface area contributed by atoms with Crippen LogP contribution in [0.15, 0.2) is 6.07 Å². The lowest BCUT2D eigenvalue weighted by Gasteiger charge is -2.34. The van der Waals surface area contributed by atoms with Crippen molar-refractivity contribution in [2.45, 2.75) is 63.3 Å². The molecule has 1 N–H and O–H groups in total. The average molecular weight is 289 g/mol. The number of ether oxygens (including phenoxy) is 1. The Hall–Kier alpha value is -1.03. The van der Waals surface area contributed by atoms with E-state index in [1.807, 2.05) is 0 Å². The molecule has 0 amide bonds. The molecule has 3 aliphatic rings. The molecule has 4 heteroatoms. The summed E-state index contributed by atoms with van der Waals surface area (Å²) in [6, 6.07) is 2.94. The third kappa shape index (κ3) is 2.70. The van der Waals surface area contributed by atoms with E-state index >= 15 is 0 Å². The van der Waals surface area contributed by atoms with Gasteiger partial charge in [0.15, 0.2) is 0 Å². The molecule has 1 aromatic rings. The van der Waals surface area contributed by atoms with Gasteiger partial charge < -0.3 is 10.1 Å². The molecule has 0 bridgehead atoms. The molecule has 1 unspecified atom stereocenters. The topological polar surface area (TPSA) is 39.1 Å². The number of nitrogens with one attached hydrogen (secondary N) is 1. The van der Waals surface area contributed by atoms with Crippen molar-refractivity contribution >= 4 is 5.82 Å². The van der Waals surface area contributed by atoms with E-state index in [4.69, 9.17) is 9.84 Å².